The van der Waals surface area contributed by atoms with E-state index in [1.807, 2.05) is 24.3 Å². The molecular weight excluding hydrogens is 258 g/mol. The predicted octanol–water partition coefficient (Wildman–Crippen LogP) is 2.07. The molecule has 0 aliphatic heterocycles. The van der Waals surface area contributed by atoms with E-state index in [0.29, 0.717) is 39.6 Å². The van der Waals surface area contributed by atoms with Crippen LogP contribution in [0.2, 0.25) is 0 Å². The highest BCUT2D eigenvalue weighted by atomic mass is 16.5. The van der Waals surface area contributed by atoms with Gasteiger partial charge in [0.2, 0.25) is 0 Å². The quantitative estimate of drug-likeness (QED) is 0.712. The van der Waals surface area contributed by atoms with Gasteiger partial charge in [0.15, 0.2) is 0 Å². The zero-order chi connectivity index (χ0) is 14.2. The van der Waals surface area contributed by atoms with Gasteiger partial charge in [-0.3, -0.25) is 0 Å². The van der Waals surface area contributed by atoms with Crippen molar-refractivity contribution < 1.29 is 18.6 Å². The van der Waals surface area contributed by atoms with E-state index in [1.165, 1.54) is 0 Å². The van der Waals surface area contributed by atoms with Crippen LogP contribution in [0.3, 0.4) is 0 Å². The standard InChI is InChI=1S/C15H21NO4/c1-17-6-7-18-8-9-19-11-13-12-4-2-3-5-14(12)20-15(13)10-16/h2-5H,6-11,16H2,1H3. The van der Waals surface area contributed by atoms with Gasteiger partial charge in [-0.25, -0.2) is 0 Å². The normalized spacial score (nSPS) is 11.3. The van der Waals surface area contributed by atoms with Crippen LogP contribution in [0.1, 0.15) is 11.3 Å². The minimum Gasteiger partial charge on any atom is -0.459 e. The lowest BCUT2D eigenvalue weighted by atomic mass is 10.1. The van der Waals surface area contributed by atoms with Crippen LogP contribution in [0.15, 0.2) is 28.7 Å². The number of rotatable bonds is 9. The lowest BCUT2D eigenvalue weighted by Gasteiger charge is -2.06. The summed E-state index contributed by atoms with van der Waals surface area (Å²) in [7, 11) is 1.65. The van der Waals surface area contributed by atoms with Crippen LogP contribution in [-0.4, -0.2) is 33.5 Å². The molecule has 1 aromatic heterocycles. The molecule has 0 radical (unpaired) electrons. The van der Waals surface area contributed by atoms with Gasteiger partial charge in [0.05, 0.1) is 39.6 Å². The zero-order valence-electron chi connectivity index (χ0n) is 11.8. The van der Waals surface area contributed by atoms with Gasteiger partial charge in [-0.1, -0.05) is 18.2 Å². The molecule has 0 atom stereocenters. The van der Waals surface area contributed by atoms with Gasteiger partial charge in [-0.2, -0.15) is 0 Å². The van der Waals surface area contributed by atoms with E-state index in [-0.39, 0.29) is 0 Å². The zero-order valence-corrected chi connectivity index (χ0v) is 11.8. The summed E-state index contributed by atoms with van der Waals surface area (Å²) in [5, 5.41) is 1.06. The predicted molar refractivity (Wildman–Crippen MR) is 76.5 cm³/mol. The van der Waals surface area contributed by atoms with Crippen molar-refractivity contribution >= 4 is 11.0 Å². The Bertz CT molecular complexity index is 524. The van der Waals surface area contributed by atoms with Gasteiger partial charge in [0, 0.05) is 18.1 Å². The summed E-state index contributed by atoms with van der Waals surface area (Å²) >= 11 is 0. The molecule has 5 heteroatoms. The molecule has 0 saturated heterocycles. The molecule has 2 aromatic rings. The Kier molecular flexibility index (Phi) is 6.01. The van der Waals surface area contributed by atoms with Crippen molar-refractivity contribution in [2.75, 3.05) is 33.5 Å². The lowest BCUT2D eigenvalue weighted by Crippen LogP contribution is -2.09. The fraction of sp³-hybridized carbons (Fsp3) is 0.467. The maximum absolute atomic E-state index is 5.71. The van der Waals surface area contributed by atoms with E-state index in [9.17, 15) is 0 Å². The molecule has 1 heterocycles. The summed E-state index contributed by atoms with van der Waals surface area (Å²) in [6.07, 6.45) is 0. The van der Waals surface area contributed by atoms with Gasteiger partial charge in [0.1, 0.15) is 11.3 Å². The number of benzene rings is 1. The number of hydrogen-bond acceptors (Lipinski definition) is 5. The van der Waals surface area contributed by atoms with Crippen LogP contribution in [-0.2, 0) is 27.4 Å². The SMILES string of the molecule is COCCOCCOCc1c(CN)oc2ccccc12. The molecule has 2 rings (SSSR count). The molecule has 0 saturated carbocycles. The molecule has 0 amide bonds. The van der Waals surface area contributed by atoms with E-state index in [4.69, 9.17) is 24.4 Å². The van der Waals surface area contributed by atoms with Crippen LogP contribution in [0.25, 0.3) is 11.0 Å². The molecule has 0 fully saturated rings. The first-order valence-electron chi connectivity index (χ1n) is 6.70. The van der Waals surface area contributed by atoms with Gasteiger partial charge in [0.25, 0.3) is 0 Å². The highest BCUT2D eigenvalue weighted by Gasteiger charge is 2.12. The van der Waals surface area contributed by atoms with E-state index < -0.39 is 0 Å². The molecule has 0 bridgehead atoms. The van der Waals surface area contributed by atoms with Crippen molar-refractivity contribution in [2.45, 2.75) is 13.2 Å². The number of ether oxygens (including phenoxy) is 3. The number of hydrogen-bond donors (Lipinski definition) is 1. The fourth-order valence-corrected chi connectivity index (χ4v) is 2.01. The molecule has 0 unspecified atom stereocenters. The largest absolute Gasteiger partial charge is 0.459 e. The second-order valence-electron chi connectivity index (χ2n) is 4.36. The van der Waals surface area contributed by atoms with Gasteiger partial charge >= 0.3 is 0 Å². The highest BCUT2D eigenvalue weighted by molar-refractivity contribution is 5.82. The van der Waals surface area contributed by atoms with Gasteiger partial charge in [-0.05, 0) is 6.07 Å². The first-order chi connectivity index (χ1) is 9.86. The summed E-state index contributed by atoms with van der Waals surface area (Å²) in [4.78, 5) is 0. The number of para-hydroxylation sites is 1. The maximum atomic E-state index is 5.71. The molecule has 110 valence electrons. The third-order valence-electron chi connectivity index (χ3n) is 3.02. The van der Waals surface area contributed by atoms with Crippen molar-refractivity contribution in [1.82, 2.24) is 0 Å². The first-order valence-corrected chi connectivity index (χ1v) is 6.70. The maximum Gasteiger partial charge on any atom is 0.134 e. The van der Waals surface area contributed by atoms with E-state index in [2.05, 4.69) is 0 Å². The monoisotopic (exact) mass is 279 g/mol. The van der Waals surface area contributed by atoms with Crippen LogP contribution >= 0.6 is 0 Å². The van der Waals surface area contributed by atoms with Crippen LogP contribution in [0.5, 0.6) is 0 Å². The van der Waals surface area contributed by atoms with Crippen molar-refractivity contribution in [2.24, 2.45) is 5.73 Å². The van der Waals surface area contributed by atoms with Crippen molar-refractivity contribution in [3.05, 3.63) is 35.6 Å². The third-order valence-corrected chi connectivity index (χ3v) is 3.02. The van der Waals surface area contributed by atoms with E-state index >= 15 is 0 Å². The molecule has 20 heavy (non-hydrogen) atoms. The van der Waals surface area contributed by atoms with Crippen LogP contribution in [0.4, 0.5) is 0 Å². The van der Waals surface area contributed by atoms with Crippen molar-refractivity contribution in [1.29, 1.82) is 0 Å². The topological polar surface area (TPSA) is 66.8 Å². The molecule has 0 spiro atoms. The number of methoxy groups -OCH3 is 1. The lowest BCUT2D eigenvalue weighted by molar-refractivity contribution is 0.0199. The fourth-order valence-electron chi connectivity index (χ4n) is 2.01. The summed E-state index contributed by atoms with van der Waals surface area (Å²) < 4.78 is 21.6. The number of nitrogens with two attached hydrogens (primary N) is 1. The average Bonchev–Trinajstić information content (AvgIpc) is 2.84. The van der Waals surface area contributed by atoms with Gasteiger partial charge in [-0.15, -0.1) is 0 Å². The Morgan fingerprint density at radius 1 is 1.05 bits per heavy atom. The molecular formula is C15H21NO4. The van der Waals surface area contributed by atoms with Crippen LogP contribution < -0.4 is 5.73 Å². The first kappa shape index (κ1) is 15.0. The second kappa shape index (κ2) is 8.01. The Balaban J connectivity index is 1.86. The molecule has 2 N–H and O–H groups in total. The van der Waals surface area contributed by atoms with Gasteiger partial charge < -0.3 is 24.4 Å². The van der Waals surface area contributed by atoms with E-state index in [1.54, 1.807) is 7.11 Å². The Morgan fingerprint density at radius 2 is 1.80 bits per heavy atom. The van der Waals surface area contributed by atoms with Crippen molar-refractivity contribution in [3.8, 4) is 0 Å². The third kappa shape index (κ3) is 3.80. The molecule has 0 aliphatic carbocycles. The number of fused-ring (bicyclic) bond motifs is 1. The molecule has 1 aromatic carbocycles. The van der Waals surface area contributed by atoms with Crippen LogP contribution in [0, 0.1) is 0 Å². The average molecular weight is 279 g/mol. The van der Waals surface area contributed by atoms with E-state index in [0.717, 1.165) is 22.3 Å². The Labute approximate surface area is 118 Å². The minimum absolute atomic E-state index is 0.373. The second-order valence-corrected chi connectivity index (χ2v) is 4.36. The van der Waals surface area contributed by atoms with Crippen molar-refractivity contribution in [3.63, 3.8) is 0 Å². The minimum atomic E-state index is 0.373. The summed E-state index contributed by atoms with van der Waals surface area (Å²) in [6.45, 7) is 3.13. The number of furan rings is 1. The smallest absolute Gasteiger partial charge is 0.134 e. The highest BCUT2D eigenvalue weighted by Crippen LogP contribution is 2.26. The molecule has 5 nitrogen and oxygen atoms in total. The molecule has 0 aliphatic rings. The Hall–Kier alpha value is -1.40. The summed E-state index contributed by atoms with van der Waals surface area (Å²) in [6, 6.07) is 7.88. The Morgan fingerprint density at radius 3 is 2.60 bits per heavy atom. The summed E-state index contributed by atoms with van der Waals surface area (Å²) in [5.74, 6) is 0.784. The summed E-state index contributed by atoms with van der Waals surface area (Å²) in [5.41, 5.74) is 7.59.